The zero-order valence-electron chi connectivity index (χ0n) is 10.7. The second kappa shape index (κ2) is 6.31. The van der Waals surface area contributed by atoms with Crippen molar-refractivity contribution in [1.29, 1.82) is 0 Å². The van der Waals surface area contributed by atoms with Crippen molar-refractivity contribution in [2.24, 2.45) is 0 Å². The number of hydrogen-bond donors (Lipinski definition) is 0. The molecule has 0 N–H and O–H groups in total. The fraction of sp³-hybridized carbons (Fsp3) is 0.250. The van der Waals surface area contributed by atoms with Crippen LogP contribution < -0.4 is 0 Å². The summed E-state index contributed by atoms with van der Waals surface area (Å²) < 4.78 is 0.0203. The van der Waals surface area contributed by atoms with E-state index >= 15 is 0 Å². The van der Waals surface area contributed by atoms with Crippen LogP contribution in [0.2, 0.25) is 0 Å². The molecule has 2 heteroatoms. The van der Waals surface area contributed by atoms with Crippen LogP contribution in [0.5, 0.6) is 0 Å². The molecule has 2 aromatic rings. The van der Waals surface area contributed by atoms with E-state index in [-0.39, 0.29) is 4.71 Å². The largest absolute Gasteiger partial charge is 0.133 e. The van der Waals surface area contributed by atoms with E-state index in [0.29, 0.717) is 0 Å². The second-order valence-corrected chi connectivity index (χ2v) is 6.31. The molecule has 0 fully saturated rings. The van der Waals surface area contributed by atoms with E-state index < -0.39 is 0 Å². The third-order valence-electron chi connectivity index (χ3n) is 2.86. The Balaban J connectivity index is 1.93. The minimum absolute atomic E-state index is 0.0203. The molecule has 0 saturated carbocycles. The number of aryl methyl sites for hydroxylation is 2. The van der Waals surface area contributed by atoms with Gasteiger partial charge in [0.25, 0.3) is 0 Å². The molecule has 0 aliphatic heterocycles. The van der Waals surface area contributed by atoms with Crippen molar-refractivity contribution in [2.45, 2.75) is 24.3 Å². The summed E-state index contributed by atoms with van der Waals surface area (Å²) in [4.78, 5) is 0. The molecule has 0 spiro atoms. The van der Waals surface area contributed by atoms with Gasteiger partial charge in [0.1, 0.15) is 4.71 Å². The summed E-state index contributed by atoms with van der Waals surface area (Å²) in [5, 5.41) is 0. The Morgan fingerprint density at radius 3 is 1.94 bits per heavy atom. The predicted octanol–water partition coefficient (Wildman–Crippen LogP) is 5.47. The molecule has 0 saturated heterocycles. The van der Waals surface area contributed by atoms with Gasteiger partial charge >= 0.3 is 0 Å². The van der Waals surface area contributed by atoms with E-state index in [9.17, 15) is 0 Å². The highest BCUT2D eigenvalue weighted by Crippen LogP contribution is 2.35. The third kappa shape index (κ3) is 3.79. The van der Waals surface area contributed by atoms with Crippen molar-refractivity contribution in [3.8, 4) is 0 Å². The van der Waals surface area contributed by atoms with Gasteiger partial charge in [-0.2, -0.15) is 0 Å². The lowest BCUT2D eigenvalue weighted by atomic mass is 10.2. The van der Waals surface area contributed by atoms with Crippen molar-refractivity contribution >= 4 is 23.4 Å². The van der Waals surface area contributed by atoms with Gasteiger partial charge in [-0.1, -0.05) is 59.7 Å². The highest BCUT2D eigenvalue weighted by atomic mass is 35.5. The van der Waals surface area contributed by atoms with Gasteiger partial charge in [0.05, 0.1) is 0 Å². The Morgan fingerprint density at radius 2 is 1.39 bits per heavy atom. The van der Waals surface area contributed by atoms with Crippen LogP contribution in [-0.4, -0.2) is 0 Å². The zero-order valence-corrected chi connectivity index (χ0v) is 12.3. The fourth-order valence-electron chi connectivity index (χ4n) is 1.67. The quantitative estimate of drug-likeness (QED) is 0.667. The van der Waals surface area contributed by atoms with Crippen LogP contribution in [0.15, 0.2) is 48.5 Å². The van der Waals surface area contributed by atoms with Crippen LogP contribution in [0.3, 0.4) is 0 Å². The van der Waals surface area contributed by atoms with Crippen LogP contribution in [-0.2, 0) is 5.75 Å². The first-order valence-electron chi connectivity index (χ1n) is 6.03. The van der Waals surface area contributed by atoms with E-state index in [1.54, 1.807) is 11.8 Å². The van der Waals surface area contributed by atoms with Crippen molar-refractivity contribution < 1.29 is 0 Å². The maximum Gasteiger partial charge on any atom is 0.104 e. The highest BCUT2D eigenvalue weighted by Gasteiger charge is 2.08. The minimum Gasteiger partial charge on any atom is -0.133 e. The van der Waals surface area contributed by atoms with Crippen LogP contribution in [0, 0.1) is 13.8 Å². The monoisotopic (exact) mass is 276 g/mol. The molecular weight excluding hydrogens is 260 g/mol. The lowest BCUT2D eigenvalue weighted by Gasteiger charge is -2.10. The smallest absolute Gasteiger partial charge is 0.104 e. The summed E-state index contributed by atoms with van der Waals surface area (Å²) in [6, 6.07) is 17.1. The number of alkyl halides is 1. The molecule has 0 amide bonds. The molecule has 0 heterocycles. The first-order valence-corrected chi connectivity index (χ1v) is 7.51. The van der Waals surface area contributed by atoms with Crippen molar-refractivity contribution in [3.63, 3.8) is 0 Å². The average Bonchev–Trinajstić information content (AvgIpc) is 2.38. The lowest BCUT2D eigenvalue weighted by molar-refractivity contribution is 1.30. The van der Waals surface area contributed by atoms with Crippen LogP contribution >= 0.6 is 23.4 Å². The van der Waals surface area contributed by atoms with E-state index in [0.717, 1.165) is 5.75 Å². The number of halogens is 1. The number of rotatable bonds is 4. The summed E-state index contributed by atoms with van der Waals surface area (Å²) in [6.45, 7) is 4.19. The van der Waals surface area contributed by atoms with Crippen LogP contribution in [0.1, 0.15) is 27.0 Å². The van der Waals surface area contributed by atoms with Crippen molar-refractivity contribution in [2.75, 3.05) is 0 Å². The van der Waals surface area contributed by atoms with Gasteiger partial charge in [0.15, 0.2) is 0 Å². The first-order chi connectivity index (χ1) is 8.65. The molecule has 0 bridgehead atoms. The van der Waals surface area contributed by atoms with Gasteiger partial charge in [-0.25, -0.2) is 0 Å². The summed E-state index contributed by atoms with van der Waals surface area (Å²) >= 11 is 8.16. The van der Waals surface area contributed by atoms with E-state index in [1.165, 1.54) is 22.3 Å². The van der Waals surface area contributed by atoms with Gasteiger partial charge in [-0.3, -0.25) is 0 Å². The number of benzene rings is 2. The summed E-state index contributed by atoms with van der Waals surface area (Å²) in [5.41, 5.74) is 5.07. The predicted molar refractivity (Wildman–Crippen MR) is 82.2 cm³/mol. The summed E-state index contributed by atoms with van der Waals surface area (Å²) in [5.74, 6) is 0.947. The van der Waals surface area contributed by atoms with Crippen molar-refractivity contribution in [3.05, 3.63) is 70.8 Å². The van der Waals surface area contributed by atoms with E-state index in [2.05, 4.69) is 62.4 Å². The Morgan fingerprint density at radius 1 is 0.889 bits per heavy atom. The molecule has 1 unspecified atom stereocenters. The van der Waals surface area contributed by atoms with E-state index in [4.69, 9.17) is 11.6 Å². The minimum atomic E-state index is 0.0203. The molecule has 2 rings (SSSR count). The Bertz CT molecular complexity index is 488. The number of thioether (sulfide) groups is 1. The standard InChI is InChI=1S/C16H17ClS/c1-12-3-7-14(8-4-12)11-18-16(17)15-9-5-13(2)6-10-15/h3-10,16H,11H2,1-2H3. The molecule has 0 aliphatic rings. The van der Waals surface area contributed by atoms with Gasteiger partial charge in [-0.15, -0.1) is 23.4 Å². The Hall–Kier alpha value is -0.920. The summed E-state index contributed by atoms with van der Waals surface area (Å²) in [7, 11) is 0. The SMILES string of the molecule is Cc1ccc(CSC(Cl)c2ccc(C)cc2)cc1. The number of hydrogen-bond acceptors (Lipinski definition) is 1. The second-order valence-electron chi connectivity index (χ2n) is 4.52. The lowest BCUT2D eigenvalue weighted by Crippen LogP contribution is -1.88. The fourth-order valence-corrected chi connectivity index (χ4v) is 2.88. The van der Waals surface area contributed by atoms with Crippen LogP contribution in [0.4, 0.5) is 0 Å². The zero-order chi connectivity index (χ0) is 13.0. The Labute approximate surface area is 118 Å². The normalized spacial score (nSPS) is 12.4. The Kier molecular flexibility index (Phi) is 4.73. The maximum absolute atomic E-state index is 6.40. The molecule has 0 aliphatic carbocycles. The van der Waals surface area contributed by atoms with Crippen LogP contribution in [0.25, 0.3) is 0 Å². The molecular formula is C16H17ClS. The topological polar surface area (TPSA) is 0 Å². The third-order valence-corrected chi connectivity index (χ3v) is 4.55. The molecule has 18 heavy (non-hydrogen) atoms. The first kappa shape index (κ1) is 13.5. The summed E-state index contributed by atoms with van der Waals surface area (Å²) in [6.07, 6.45) is 0. The molecule has 94 valence electrons. The molecule has 0 radical (unpaired) electrons. The van der Waals surface area contributed by atoms with Gasteiger partial charge in [0.2, 0.25) is 0 Å². The molecule has 1 atom stereocenters. The van der Waals surface area contributed by atoms with Crippen molar-refractivity contribution in [1.82, 2.24) is 0 Å². The van der Waals surface area contributed by atoms with E-state index in [1.807, 2.05) is 0 Å². The van der Waals surface area contributed by atoms with Gasteiger partial charge in [0, 0.05) is 5.75 Å². The van der Waals surface area contributed by atoms with Gasteiger partial charge in [-0.05, 0) is 25.0 Å². The molecule has 0 nitrogen and oxygen atoms in total. The van der Waals surface area contributed by atoms with Gasteiger partial charge < -0.3 is 0 Å². The average molecular weight is 277 g/mol. The molecule has 2 aromatic carbocycles. The highest BCUT2D eigenvalue weighted by molar-refractivity contribution is 7.99. The molecule has 0 aromatic heterocycles. The maximum atomic E-state index is 6.40.